The van der Waals surface area contributed by atoms with Gasteiger partial charge in [-0.05, 0) is 18.8 Å². The molecule has 0 aliphatic heterocycles. The van der Waals surface area contributed by atoms with Crippen LogP contribution in [0.5, 0.6) is 0 Å². The van der Waals surface area contributed by atoms with Crippen molar-refractivity contribution in [2.75, 3.05) is 0 Å². The first-order valence-corrected chi connectivity index (χ1v) is 3.53. The molecule has 1 aliphatic carbocycles. The Kier molecular flexibility index (Phi) is 2.20. The van der Waals surface area contributed by atoms with Gasteiger partial charge < -0.3 is 4.79 Å². The van der Waals surface area contributed by atoms with Crippen molar-refractivity contribution in [1.29, 1.82) is 0 Å². The minimum absolute atomic E-state index is 0.109. The molecule has 1 fully saturated rings. The third-order valence-corrected chi connectivity index (χ3v) is 1.98. The molecule has 1 rings (SSSR count). The van der Waals surface area contributed by atoms with Crippen LogP contribution in [0, 0.1) is 11.8 Å². The number of rotatable bonds is 2. The zero-order valence-corrected chi connectivity index (χ0v) is 5.90. The Morgan fingerprint density at radius 2 is 1.91 bits per heavy atom. The highest BCUT2D eigenvalue weighted by atomic mass is 19.4. The van der Waals surface area contributed by atoms with Gasteiger partial charge in [0, 0.05) is 12.3 Å². The number of halogens is 3. The maximum absolute atomic E-state index is 11.7. The summed E-state index contributed by atoms with van der Waals surface area (Å²) in [7, 11) is 0. The molecule has 0 N–H and O–H groups in total. The van der Waals surface area contributed by atoms with Crippen molar-refractivity contribution in [3.63, 3.8) is 0 Å². The fourth-order valence-corrected chi connectivity index (χ4v) is 1.39. The van der Waals surface area contributed by atoms with Crippen LogP contribution in [-0.2, 0) is 4.79 Å². The Hall–Kier alpha value is -0.540. The van der Waals surface area contributed by atoms with Gasteiger partial charge in [0.05, 0.1) is 0 Å². The molecular formula is C7H9F3O. The molecule has 0 atom stereocenters. The van der Waals surface area contributed by atoms with Gasteiger partial charge in [-0.1, -0.05) is 0 Å². The Bertz CT molecular complexity index is 146. The number of carbonyl (C=O) groups is 1. The molecule has 1 aliphatic rings. The van der Waals surface area contributed by atoms with E-state index in [4.69, 9.17) is 0 Å². The van der Waals surface area contributed by atoms with E-state index in [0.717, 1.165) is 6.29 Å². The normalized spacial score (nSPS) is 31.2. The molecule has 0 aromatic rings. The van der Waals surface area contributed by atoms with Crippen LogP contribution in [0.3, 0.4) is 0 Å². The second kappa shape index (κ2) is 2.83. The average Bonchev–Trinajstić information content (AvgIpc) is 1.75. The second-order valence-corrected chi connectivity index (χ2v) is 3.05. The summed E-state index contributed by atoms with van der Waals surface area (Å²) in [6.45, 7) is 0. The summed E-state index contributed by atoms with van der Waals surface area (Å²) in [5, 5.41) is 0. The van der Waals surface area contributed by atoms with E-state index in [1.165, 1.54) is 0 Å². The molecule has 0 spiro atoms. The molecule has 0 aromatic heterocycles. The summed E-state index contributed by atoms with van der Waals surface area (Å²) in [6, 6.07) is 0. The van der Waals surface area contributed by atoms with E-state index in [0.29, 0.717) is 12.8 Å². The molecule has 0 saturated heterocycles. The predicted molar refractivity (Wildman–Crippen MR) is 32.9 cm³/mol. The Morgan fingerprint density at radius 3 is 2.27 bits per heavy atom. The monoisotopic (exact) mass is 166 g/mol. The van der Waals surface area contributed by atoms with Gasteiger partial charge in [-0.3, -0.25) is 0 Å². The summed E-state index contributed by atoms with van der Waals surface area (Å²) in [5.74, 6) is -0.410. The molecule has 0 heterocycles. The molecule has 1 saturated carbocycles. The molecule has 0 aromatic carbocycles. The van der Waals surface area contributed by atoms with E-state index in [1.807, 2.05) is 0 Å². The molecule has 4 heteroatoms. The lowest BCUT2D eigenvalue weighted by atomic mass is 9.74. The van der Waals surface area contributed by atoms with E-state index >= 15 is 0 Å². The van der Waals surface area contributed by atoms with Crippen LogP contribution in [0.2, 0.25) is 0 Å². The first kappa shape index (κ1) is 8.56. The van der Waals surface area contributed by atoms with Crippen LogP contribution in [0.4, 0.5) is 13.2 Å². The number of alkyl halides is 3. The Labute approximate surface area is 62.6 Å². The minimum Gasteiger partial charge on any atom is -0.303 e. The lowest BCUT2D eigenvalue weighted by Crippen LogP contribution is -2.29. The third kappa shape index (κ3) is 2.52. The predicted octanol–water partition coefficient (Wildman–Crippen LogP) is 2.16. The van der Waals surface area contributed by atoms with Crippen molar-refractivity contribution >= 4 is 6.29 Å². The molecular weight excluding hydrogens is 157 g/mol. The maximum Gasteiger partial charge on any atom is 0.389 e. The van der Waals surface area contributed by atoms with E-state index in [2.05, 4.69) is 0 Å². The van der Waals surface area contributed by atoms with E-state index in [9.17, 15) is 18.0 Å². The van der Waals surface area contributed by atoms with Gasteiger partial charge in [0.2, 0.25) is 0 Å². The largest absolute Gasteiger partial charge is 0.389 e. The van der Waals surface area contributed by atoms with Crippen LogP contribution in [0.25, 0.3) is 0 Å². The lowest BCUT2D eigenvalue weighted by molar-refractivity contribution is -0.154. The average molecular weight is 166 g/mol. The second-order valence-electron chi connectivity index (χ2n) is 3.05. The maximum atomic E-state index is 11.7. The van der Waals surface area contributed by atoms with Crippen LogP contribution >= 0.6 is 0 Å². The first-order valence-electron chi connectivity index (χ1n) is 3.53. The first-order chi connectivity index (χ1) is 5.01. The van der Waals surface area contributed by atoms with Crippen molar-refractivity contribution in [1.82, 2.24) is 0 Å². The minimum atomic E-state index is -4.06. The molecule has 0 bridgehead atoms. The molecule has 0 radical (unpaired) electrons. The van der Waals surface area contributed by atoms with E-state index in [1.54, 1.807) is 0 Å². The quantitative estimate of drug-likeness (QED) is 0.574. The van der Waals surface area contributed by atoms with Crippen LogP contribution < -0.4 is 0 Å². The topological polar surface area (TPSA) is 17.1 Å². The highest BCUT2D eigenvalue weighted by Gasteiger charge is 2.38. The summed E-state index contributed by atoms with van der Waals surface area (Å²) in [5.41, 5.74) is 0. The van der Waals surface area contributed by atoms with Crippen LogP contribution in [0.1, 0.15) is 19.3 Å². The van der Waals surface area contributed by atoms with E-state index in [-0.39, 0.29) is 11.8 Å². The van der Waals surface area contributed by atoms with Gasteiger partial charge in [0.15, 0.2) is 0 Å². The molecule has 11 heavy (non-hydrogen) atoms. The van der Waals surface area contributed by atoms with Gasteiger partial charge in [-0.15, -0.1) is 0 Å². The number of hydrogen-bond acceptors (Lipinski definition) is 1. The fraction of sp³-hybridized carbons (Fsp3) is 0.857. The summed E-state index contributed by atoms with van der Waals surface area (Å²) >= 11 is 0. The zero-order valence-electron chi connectivity index (χ0n) is 5.90. The SMILES string of the molecule is O=CC1CC(CC(F)(F)F)C1. The van der Waals surface area contributed by atoms with Gasteiger partial charge in [0.1, 0.15) is 6.29 Å². The van der Waals surface area contributed by atoms with Crippen molar-refractivity contribution in [3.05, 3.63) is 0 Å². The Morgan fingerprint density at radius 1 is 1.36 bits per heavy atom. The van der Waals surface area contributed by atoms with Crippen LogP contribution in [0.15, 0.2) is 0 Å². The molecule has 0 amide bonds. The fourth-order valence-electron chi connectivity index (χ4n) is 1.39. The van der Waals surface area contributed by atoms with Gasteiger partial charge in [-0.2, -0.15) is 13.2 Å². The lowest BCUT2D eigenvalue weighted by Gasteiger charge is -2.31. The standard InChI is InChI=1S/C7H9F3O/c8-7(9,10)3-5-1-6(2-5)4-11/h4-6H,1-3H2. The van der Waals surface area contributed by atoms with Crippen molar-refractivity contribution < 1.29 is 18.0 Å². The zero-order chi connectivity index (χ0) is 8.48. The highest BCUT2D eigenvalue weighted by Crippen LogP contribution is 2.39. The van der Waals surface area contributed by atoms with Crippen molar-refractivity contribution in [2.45, 2.75) is 25.4 Å². The highest BCUT2D eigenvalue weighted by molar-refractivity contribution is 5.54. The molecule has 64 valence electrons. The van der Waals surface area contributed by atoms with Gasteiger partial charge in [-0.25, -0.2) is 0 Å². The number of hydrogen-bond donors (Lipinski definition) is 0. The van der Waals surface area contributed by atoms with Gasteiger partial charge >= 0.3 is 6.18 Å². The molecule has 1 nitrogen and oxygen atoms in total. The summed E-state index contributed by atoms with van der Waals surface area (Å²) in [6.07, 6.45) is -3.20. The van der Waals surface area contributed by atoms with Crippen molar-refractivity contribution in [2.24, 2.45) is 11.8 Å². The van der Waals surface area contributed by atoms with Gasteiger partial charge in [0.25, 0.3) is 0 Å². The summed E-state index contributed by atoms with van der Waals surface area (Å²) < 4.78 is 35.0. The Balaban J connectivity index is 2.18. The third-order valence-electron chi connectivity index (χ3n) is 1.98. The van der Waals surface area contributed by atoms with Crippen LogP contribution in [-0.4, -0.2) is 12.5 Å². The van der Waals surface area contributed by atoms with E-state index < -0.39 is 12.6 Å². The number of carbonyl (C=O) groups excluding carboxylic acids is 1. The smallest absolute Gasteiger partial charge is 0.303 e. The number of aldehydes is 1. The molecule has 0 unspecified atom stereocenters. The summed E-state index contributed by atoms with van der Waals surface area (Å²) in [4.78, 5) is 10.0. The van der Waals surface area contributed by atoms with Crippen molar-refractivity contribution in [3.8, 4) is 0 Å².